The molecule has 0 fully saturated rings. The van der Waals surface area contributed by atoms with Crippen molar-refractivity contribution in [3.63, 3.8) is 0 Å². The third-order valence-corrected chi connectivity index (χ3v) is 9.37. The molecule has 0 atom stereocenters. The molecule has 5 rings (SSSR count). The van der Waals surface area contributed by atoms with Crippen molar-refractivity contribution in [2.24, 2.45) is 0 Å². The minimum Gasteiger partial charge on any atom is -0.0834 e. The van der Waals surface area contributed by atoms with E-state index in [0.717, 1.165) is 19.3 Å². The lowest BCUT2D eigenvalue weighted by Crippen LogP contribution is -2.20. The fourth-order valence-corrected chi connectivity index (χ4v) is 6.88. The number of allylic oxidation sites excluding steroid dienone is 8. The summed E-state index contributed by atoms with van der Waals surface area (Å²) >= 11 is 0. The predicted molar refractivity (Wildman–Crippen MR) is 181 cm³/mol. The lowest BCUT2D eigenvalue weighted by Gasteiger charge is -2.30. The summed E-state index contributed by atoms with van der Waals surface area (Å²) < 4.78 is 0. The lowest BCUT2D eigenvalue weighted by molar-refractivity contribution is 0.535. The van der Waals surface area contributed by atoms with Gasteiger partial charge in [0.05, 0.1) is 0 Å². The second-order valence-electron chi connectivity index (χ2n) is 13.2. The van der Waals surface area contributed by atoms with Gasteiger partial charge in [-0.25, -0.2) is 0 Å². The maximum absolute atomic E-state index is 2.43. The van der Waals surface area contributed by atoms with E-state index >= 15 is 0 Å². The van der Waals surface area contributed by atoms with Crippen molar-refractivity contribution in [3.8, 4) is 0 Å². The van der Waals surface area contributed by atoms with E-state index in [1.807, 2.05) is 0 Å². The smallest absolute Gasteiger partial charge is 0.0114 e. The number of hydrogen-bond acceptors (Lipinski definition) is 0. The first kappa shape index (κ1) is 28.9. The number of hydrogen-bond donors (Lipinski definition) is 0. The van der Waals surface area contributed by atoms with Gasteiger partial charge in [0, 0.05) is 5.41 Å². The largest absolute Gasteiger partial charge is 0.0834 e. The van der Waals surface area contributed by atoms with Crippen LogP contribution in [0, 0.1) is 13.8 Å². The number of rotatable bonds is 7. The van der Waals surface area contributed by atoms with Crippen LogP contribution >= 0.6 is 0 Å². The van der Waals surface area contributed by atoms with Crippen LogP contribution < -0.4 is 0 Å². The quantitative estimate of drug-likeness (QED) is 0.219. The molecule has 41 heavy (non-hydrogen) atoms. The summed E-state index contributed by atoms with van der Waals surface area (Å²) in [4.78, 5) is 0. The summed E-state index contributed by atoms with van der Waals surface area (Å²) in [6.45, 7) is 16.3. The van der Waals surface area contributed by atoms with Crippen molar-refractivity contribution in [2.45, 2.75) is 85.0 Å². The fourth-order valence-electron chi connectivity index (χ4n) is 6.88. The second kappa shape index (κ2) is 11.7. The Bertz CT molecular complexity index is 1700. The van der Waals surface area contributed by atoms with E-state index < -0.39 is 0 Å². The molecule has 0 radical (unpaired) electrons. The molecular formula is C41H46. The molecule has 4 aromatic rings. The van der Waals surface area contributed by atoms with Crippen LogP contribution in [0.25, 0.3) is 21.5 Å². The summed E-state index contributed by atoms with van der Waals surface area (Å²) in [5.74, 6) is 0. The summed E-state index contributed by atoms with van der Waals surface area (Å²) in [7, 11) is 0. The van der Waals surface area contributed by atoms with Crippen LogP contribution in [0.5, 0.6) is 0 Å². The number of fused-ring (bicyclic) bond motifs is 2. The monoisotopic (exact) mass is 538 g/mol. The Morgan fingerprint density at radius 3 is 1.98 bits per heavy atom. The average Bonchev–Trinajstić information content (AvgIpc) is 2.95. The zero-order chi connectivity index (χ0) is 29.2. The Morgan fingerprint density at radius 1 is 0.732 bits per heavy atom. The van der Waals surface area contributed by atoms with Crippen molar-refractivity contribution in [2.75, 3.05) is 0 Å². The van der Waals surface area contributed by atoms with E-state index in [0.29, 0.717) is 0 Å². The van der Waals surface area contributed by atoms with Crippen LogP contribution in [0.15, 0.2) is 120 Å². The van der Waals surface area contributed by atoms with Crippen molar-refractivity contribution in [1.29, 1.82) is 0 Å². The van der Waals surface area contributed by atoms with E-state index in [1.54, 1.807) is 0 Å². The SMILES string of the molecule is C/C(=C/C=C1C=C(/C=C/CC(C)(C)c2c(C)ccc3ccccc23)CCC/1)C(C)(C)c1c(C)ccc2ccccc12. The van der Waals surface area contributed by atoms with Gasteiger partial charge in [-0.05, 0) is 107 Å². The number of aryl methyl sites for hydroxylation is 2. The van der Waals surface area contributed by atoms with Gasteiger partial charge in [0.15, 0.2) is 0 Å². The van der Waals surface area contributed by atoms with E-state index in [4.69, 9.17) is 0 Å². The maximum Gasteiger partial charge on any atom is 0.0114 e. The molecular weight excluding hydrogens is 492 g/mol. The average molecular weight is 539 g/mol. The molecule has 0 saturated heterocycles. The highest BCUT2D eigenvalue weighted by Crippen LogP contribution is 2.39. The molecule has 1 aliphatic carbocycles. The molecule has 0 nitrogen and oxygen atoms in total. The first-order chi connectivity index (χ1) is 19.6. The molecule has 0 N–H and O–H groups in total. The van der Waals surface area contributed by atoms with Gasteiger partial charge in [-0.15, -0.1) is 0 Å². The van der Waals surface area contributed by atoms with Gasteiger partial charge in [0.1, 0.15) is 0 Å². The first-order valence-electron chi connectivity index (χ1n) is 15.3. The van der Waals surface area contributed by atoms with Gasteiger partial charge >= 0.3 is 0 Å². The van der Waals surface area contributed by atoms with Gasteiger partial charge in [-0.2, -0.15) is 0 Å². The van der Waals surface area contributed by atoms with Crippen molar-refractivity contribution in [1.82, 2.24) is 0 Å². The van der Waals surface area contributed by atoms with Crippen molar-refractivity contribution in [3.05, 3.63) is 142 Å². The third kappa shape index (κ3) is 6.03. The Hall–Kier alpha value is -3.64. The number of benzene rings is 4. The van der Waals surface area contributed by atoms with Crippen LogP contribution in [0.4, 0.5) is 0 Å². The molecule has 0 bridgehead atoms. The molecule has 0 saturated carbocycles. The summed E-state index contributed by atoms with van der Waals surface area (Å²) in [6, 6.07) is 26.7. The Kier molecular flexibility index (Phi) is 8.23. The van der Waals surface area contributed by atoms with Gasteiger partial charge in [-0.1, -0.05) is 136 Å². The van der Waals surface area contributed by atoms with Crippen LogP contribution in [-0.2, 0) is 10.8 Å². The first-order valence-corrected chi connectivity index (χ1v) is 15.3. The fraction of sp³-hybridized carbons (Fsp3) is 0.317. The molecule has 0 heterocycles. The molecule has 0 spiro atoms. The third-order valence-electron chi connectivity index (χ3n) is 9.37. The zero-order valence-corrected chi connectivity index (χ0v) is 26.1. The van der Waals surface area contributed by atoms with Crippen molar-refractivity contribution < 1.29 is 0 Å². The van der Waals surface area contributed by atoms with Crippen LogP contribution in [0.2, 0.25) is 0 Å². The van der Waals surface area contributed by atoms with Gasteiger partial charge in [0.2, 0.25) is 0 Å². The topological polar surface area (TPSA) is 0 Å². The molecule has 0 heteroatoms. The van der Waals surface area contributed by atoms with Crippen LogP contribution in [0.1, 0.15) is 82.6 Å². The zero-order valence-electron chi connectivity index (χ0n) is 26.1. The Balaban J connectivity index is 1.35. The highest BCUT2D eigenvalue weighted by atomic mass is 14.3. The molecule has 210 valence electrons. The van der Waals surface area contributed by atoms with E-state index in [-0.39, 0.29) is 10.8 Å². The highest BCUT2D eigenvalue weighted by Gasteiger charge is 2.26. The molecule has 4 aromatic carbocycles. The predicted octanol–water partition coefficient (Wildman–Crippen LogP) is 11.8. The van der Waals surface area contributed by atoms with E-state index in [2.05, 4.69) is 152 Å². The Labute approximate surface area is 248 Å². The minimum atomic E-state index is -0.0472. The van der Waals surface area contributed by atoms with Crippen LogP contribution in [0.3, 0.4) is 0 Å². The summed E-state index contributed by atoms with van der Waals surface area (Å²) in [6.07, 6.45) is 16.5. The van der Waals surface area contributed by atoms with Crippen LogP contribution in [-0.4, -0.2) is 0 Å². The summed E-state index contributed by atoms with van der Waals surface area (Å²) in [5.41, 5.74) is 9.96. The standard InChI is InChI=1S/C41H46/c1-29-21-25-34-17-8-10-19-36(34)38(29)40(4,5)27-13-16-32-14-12-15-33(28-32)24-23-31(3)41(6,7)39-30(2)22-26-35-18-9-11-20-37(35)39/h8-11,13,16-26,28H,12,14-15,27H2,1-7H3/b16-13+,31-23-,33-24+. The van der Waals surface area contributed by atoms with E-state index in [9.17, 15) is 0 Å². The lowest BCUT2D eigenvalue weighted by atomic mass is 9.74. The second-order valence-corrected chi connectivity index (χ2v) is 13.2. The Morgan fingerprint density at radius 2 is 1.32 bits per heavy atom. The highest BCUT2D eigenvalue weighted by molar-refractivity contribution is 5.89. The van der Waals surface area contributed by atoms with Gasteiger partial charge in [-0.3, -0.25) is 0 Å². The minimum absolute atomic E-state index is 0.0472. The molecule has 0 aromatic heterocycles. The molecule has 0 unspecified atom stereocenters. The normalized spacial score (nSPS) is 16.2. The van der Waals surface area contributed by atoms with Gasteiger partial charge < -0.3 is 0 Å². The van der Waals surface area contributed by atoms with Gasteiger partial charge in [0.25, 0.3) is 0 Å². The molecule has 0 aliphatic heterocycles. The van der Waals surface area contributed by atoms with E-state index in [1.165, 1.54) is 66.9 Å². The molecule has 1 aliphatic rings. The molecule has 0 amide bonds. The maximum atomic E-state index is 2.43. The summed E-state index contributed by atoms with van der Waals surface area (Å²) in [5, 5.41) is 5.40. The van der Waals surface area contributed by atoms with Crippen molar-refractivity contribution >= 4 is 21.5 Å².